The zero-order valence-electron chi connectivity index (χ0n) is 12.8. The van der Waals surface area contributed by atoms with Gasteiger partial charge >= 0.3 is 0 Å². The Hall–Kier alpha value is -1.68. The van der Waals surface area contributed by atoms with Gasteiger partial charge in [0.25, 0.3) is 0 Å². The van der Waals surface area contributed by atoms with Crippen LogP contribution in [-0.2, 0) is 13.1 Å². The number of nitrogens with one attached hydrogen (secondary N) is 1. The molecule has 0 aliphatic heterocycles. The molecule has 0 amide bonds. The van der Waals surface area contributed by atoms with Crippen LogP contribution in [0.4, 0.5) is 0 Å². The van der Waals surface area contributed by atoms with Crippen LogP contribution in [0.1, 0.15) is 38.3 Å². The lowest BCUT2D eigenvalue weighted by Crippen LogP contribution is -2.21. The summed E-state index contributed by atoms with van der Waals surface area (Å²) in [6, 6.07) is 7.10. The van der Waals surface area contributed by atoms with Crippen molar-refractivity contribution in [3.05, 3.63) is 35.5 Å². The first-order valence-corrected chi connectivity index (χ1v) is 7.33. The summed E-state index contributed by atoms with van der Waals surface area (Å²) in [5.41, 5.74) is 4.89. The van der Waals surface area contributed by atoms with Gasteiger partial charge in [-0.1, -0.05) is 38.1 Å². The molecule has 1 N–H and O–H groups in total. The van der Waals surface area contributed by atoms with Gasteiger partial charge in [0.2, 0.25) is 0 Å². The molecule has 108 valence electrons. The van der Waals surface area contributed by atoms with E-state index >= 15 is 0 Å². The highest BCUT2D eigenvalue weighted by molar-refractivity contribution is 5.63. The number of aryl methyl sites for hydroxylation is 2. The summed E-state index contributed by atoms with van der Waals surface area (Å²) in [4.78, 5) is 0. The number of hydrogen-bond acceptors (Lipinski definition) is 3. The normalized spacial score (nSPS) is 11.2. The van der Waals surface area contributed by atoms with Gasteiger partial charge in [0.05, 0.1) is 11.9 Å². The molecule has 0 saturated carbocycles. The lowest BCUT2D eigenvalue weighted by molar-refractivity contribution is 0.583. The lowest BCUT2D eigenvalue weighted by atomic mass is 10.0. The van der Waals surface area contributed by atoms with Crippen LogP contribution in [0.25, 0.3) is 11.3 Å². The number of nitrogens with zero attached hydrogens (tertiary/aromatic N) is 3. The van der Waals surface area contributed by atoms with Crippen molar-refractivity contribution in [1.82, 2.24) is 20.3 Å². The maximum Gasteiger partial charge on any atom is 0.0888 e. The Kier molecular flexibility index (Phi) is 4.90. The van der Waals surface area contributed by atoms with E-state index in [4.69, 9.17) is 0 Å². The fourth-order valence-corrected chi connectivity index (χ4v) is 2.22. The molecule has 0 aliphatic rings. The van der Waals surface area contributed by atoms with Crippen LogP contribution >= 0.6 is 0 Å². The molecule has 1 aromatic carbocycles. The number of aromatic nitrogens is 3. The van der Waals surface area contributed by atoms with Crippen molar-refractivity contribution in [2.24, 2.45) is 0 Å². The van der Waals surface area contributed by atoms with Crippen molar-refractivity contribution in [1.29, 1.82) is 0 Å². The highest BCUT2D eigenvalue weighted by Gasteiger charge is 2.10. The Morgan fingerprint density at radius 2 is 2.10 bits per heavy atom. The van der Waals surface area contributed by atoms with Crippen molar-refractivity contribution >= 4 is 0 Å². The van der Waals surface area contributed by atoms with Gasteiger partial charge in [0.1, 0.15) is 0 Å². The molecule has 0 bridgehead atoms. The van der Waals surface area contributed by atoms with Gasteiger partial charge in [-0.05, 0) is 30.5 Å². The minimum atomic E-state index is 0.493. The molecule has 0 fully saturated rings. The number of hydrogen-bond donors (Lipinski definition) is 1. The zero-order valence-corrected chi connectivity index (χ0v) is 12.8. The summed E-state index contributed by atoms with van der Waals surface area (Å²) >= 11 is 0. The van der Waals surface area contributed by atoms with Gasteiger partial charge < -0.3 is 5.32 Å². The Morgan fingerprint density at radius 3 is 2.80 bits per heavy atom. The van der Waals surface area contributed by atoms with E-state index < -0.39 is 0 Å². The summed E-state index contributed by atoms with van der Waals surface area (Å²) in [6.45, 7) is 10.4. The molecule has 0 unspecified atom stereocenters. The second kappa shape index (κ2) is 6.66. The van der Waals surface area contributed by atoms with E-state index in [1.807, 2.05) is 10.9 Å². The second-order valence-electron chi connectivity index (χ2n) is 5.53. The van der Waals surface area contributed by atoms with E-state index in [1.54, 1.807) is 0 Å². The number of rotatable bonds is 6. The molecule has 4 heteroatoms. The van der Waals surface area contributed by atoms with Gasteiger partial charge in [-0.3, -0.25) is 0 Å². The Morgan fingerprint density at radius 1 is 1.30 bits per heavy atom. The Labute approximate surface area is 121 Å². The fraction of sp³-hybridized carbons (Fsp3) is 0.500. The minimum absolute atomic E-state index is 0.493. The molecule has 0 spiro atoms. The molecule has 2 rings (SSSR count). The maximum absolute atomic E-state index is 4.18. The van der Waals surface area contributed by atoms with Crippen LogP contribution in [0.15, 0.2) is 24.4 Å². The summed E-state index contributed by atoms with van der Waals surface area (Å²) < 4.78 is 1.99. The molecular formula is C16H24N4. The first-order chi connectivity index (χ1) is 9.61. The molecule has 2 aromatic rings. The van der Waals surface area contributed by atoms with E-state index in [-0.39, 0.29) is 0 Å². The summed E-state index contributed by atoms with van der Waals surface area (Å²) in [7, 11) is 0. The topological polar surface area (TPSA) is 42.7 Å². The van der Waals surface area contributed by atoms with Crippen LogP contribution in [-0.4, -0.2) is 21.0 Å². The van der Waals surface area contributed by atoms with Crippen LogP contribution in [0, 0.1) is 6.92 Å². The largest absolute Gasteiger partial charge is 0.310 e. The average Bonchev–Trinajstić information content (AvgIpc) is 2.86. The molecule has 1 aromatic heterocycles. The SMILES string of the molecule is CCCn1nncc1-c1cc(CNC(C)C)ccc1C. The van der Waals surface area contributed by atoms with Crippen LogP contribution < -0.4 is 5.32 Å². The van der Waals surface area contributed by atoms with E-state index in [9.17, 15) is 0 Å². The van der Waals surface area contributed by atoms with Gasteiger partial charge in [-0.15, -0.1) is 5.10 Å². The van der Waals surface area contributed by atoms with Crippen molar-refractivity contribution < 1.29 is 0 Å². The first kappa shape index (κ1) is 14.7. The molecule has 0 radical (unpaired) electrons. The van der Waals surface area contributed by atoms with E-state index in [0.717, 1.165) is 25.2 Å². The third-order valence-corrected chi connectivity index (χ3v) is 3.35. The smallest absolute Gasteiger partial charge is 0.0888 e. The highest BCUT2D eigenvalue weighted by Crippen LogP contribution is 2.24. The Bertz CT molecular complexity index is 557. The van der Waals surface area contributed by atoms with Crippen molar-refractivity contribution in [2.75, 3.05) is 0 Å². The average molecular weight is 272 g/mol. The standard InChI is InChI=1S/C16H24N4/c1-5-8-20-16(11-18-19-20)15-9-14(7-6-13(15)4)10-17-12(2)3/h6-7,9,11-12,17H,5,8,10H2,1-4H3. The fourth-order valence-electron chi connectivity index (χ4n) is 2.22. The highest BCUT2D eigenvalue weighted by atomic mass is 15.4. The molecule has 20 heavy (non-hydrogen) atoms. The summed E-state index contributed by atoms with van der Waals surface area (Å²) in [5.74, 6) is 0. The van der Waals surface area contributed by atoms with Gasteiger partial charge in [0.15, 0.2) is 0 Å². The lowest BCUT2D eigenvalue weighted by Gasteiger charge is -2.12. The third kappa shape index (κ3) is 3.45. The van der Waals surface area contributed by atoms with Crippen molar-refractivity contribution in [3.8, 4) is 11.3 Å². The molecule has 4 nitrogen and oxygen atoms in total. The Balaban J connectivity index is 2.30. The van der Waals surface area contributed by atoms with Crippen LogP contribution in [0.3, 0.4) is 0 Å². The van der Waals surface area contributed by atoms with Gasteiger partial charge in [-0.25, -0.2) is 4.68 Å². The van der Waals surface area contributed by atoms with Crippen LogP contribution in [0.2, 0.25) is 0 Å². The number of benzene rings is 1. The van der Waals surface area contributed by atoms with Crippen molar-refractivity contribution in [2.45, 2.75) is 53.2 Å². The third-order valence-electron chi connectivity index (χ3n) is 3.35. The summed E-state index contributed by atoms with van der Waals surface area (Å²) in [5, 5.41) is 11.7. The minimum Gasteiger partial charge on any atom is -0.310 e. The van der Waals surface area contributed by atoms with E-state index in [1.165, 1.54) is 16.7 Å². The predicted octanol–water partition coefficient (Wildman–Crippen LogP) is 3.16. The second-order valence-corrected chi connectivity index (χ2v) is 5.53. The molecule has 0 atom stereocenters. The quantitative estimate of drug-likeness (QED) is 0.878. The van der Waals surface area contributed by atoms with Gasteiger partial charge in [-0.2, -0.15) is 0 Å². The molecule has 1 heterocycles. The van der Waals surface area contributed by atoms with E-state index in [2.05, 4.69) is 61.5 Å². The first-order valence-electron chi connectivity index (χ1n) is 7.33. The molecule has 0 aliphatic carbocycles. The zero-order chi connectivity index (χ0) is 14.5. The van der Waals surface area contributed by atoms with Gasteiger partial charge in [0, 0.05) is 24.7 Å². The molecule has 0 saturated heterocycles. The summed E-state index contributed by atoms with van der Waals surface area (Å²) in [6.07, 6.45) is 2.92. The molecular weight excluding hydrogens is 248 g/mol. The monoisotopic (exact) mass is 272 g/mol. The van der Waals surface area contributed by atoms with Crippen LogP contribution in [0.5, 0.6) is 0 Å². The van der Waals surface area contributed by atoms with Crippen molar-refractivity contribution in [3.63, 3.8) is 0 Å². The maximum atomic E-state index is 4.18. The van der Waals surface area contributed by atoms with E-state index in [0.29, 0.717) is 6.04 Å². The predicted molar refractivity (Wildman–Crippen MR) is 82.5 cm³/mol.